The van der Waals surface area contributed by atoms with Crippen molar-refractivity contribution in [3.63, 3.8) is 0 Å². The first kappa shape index (κ1) is 17.8. The average molecular weight is 356 g/mol. The SMILES string of the molecule is CN1CC2(CCC(c3ccccc3)(N(C)C)CC2)N(CC2CCC2)C1=O. The summed E-state index contributed by atoms with van der Waals surface area (Å²) in [5, 5.41) is 0. The van der Waals surface area contributed by atoms with Gasteiger partial charge in [0.25, 0.3) is 0 Å². The summed E-state index contributed by atoms with van der Waals surface area (Å²) in [6.07, 6.45) is 8.38. The van der Waals surface area contributed by atoms with E-state index in [1.165, 1.54) is 24.8 Å². The van der Waals surface area contributed by atoms with Crippen LogP contribution in [0.25, 0.3) is 0 Å². The molecule has 2 amide bonds. The molecule has 3 fully saturated rings. The number of hydrogen-bond acceptors (Lipinski definition) is 2. The van der Waals surface area contributed by atoms with Crippen LogP contribution in [0, 0.1) is 5.92 Å². The van der Waals surface area contributed by atoms with Crippen molar-refractivity contribution in [2.45, 2.75) is 56.0 Å². The van der Waals surface area contributed by atoms with E-state index in [0.29, 0.717) is 0 Å². The molecule has 4 heteroatoms. The van der Waals surface area contributed by atoms with Crippen molar-refractivity contribution in [2.24, 2.45) is 5.92 Å². The van der Waals surface area contributed by atoms with E-state index in [2.05, 4.69) is 54.2 Å². The first-order chi connectivity index (χ1) is 12.5. The van der Waals surface area contributed by atoms with Gasteiger partial charge < -0.3 is 9.80 Å². The number of benzene rings is 1. The Hall–Kier alpha value is -1.55. The van der Waals surface area contributed by atoms with Crippen molar-refractivity contribution >= 4 is 6.03 Å². The summed E-state index contributed by atoms with van der Waals surface area (Å²) >= 11 is 0. The molecular formula is C22H33N3O. The van der Waals surface area contributed by atoms with Gasteiger partial charge in [-0.3, -0.25) is 4.90 Å². The molecule has 4 nitrogen and oxygen atoms in total. The molecule has 3 aliphatic rings. The van der Waals surface area contributed by atoms with Gasteiger partial charge in [0, 0.05) is 25.7 Å². The Morgan fingerprint density at radius 1 is 1.08 bits per heavy atom. The lowest BCUT2D eigenvalue weighted by molar-refractivity contribution is 0.0162. The van der Waals surface area contributed by atoms with Crippen LogP contribution in [-0.4, -0.2) is 60.5 Å². The molecule has 1 aromatic carbocycles. The Bertz CT molecular complexity index is 645. The highest BCUT2D eigenvalue weighted by Crippen LogP contribution is 2.49. The molecule has 26 heavy (non-hydrogen) atoms. The molecule has 1 aromatic rings. The van der Waals surface area contributed by atoms with Gasteiger partial charge in [0.1, 0.15) is 0 Å². The van der Waals surface area contributed by atoms with E-state index >= 15 is 0 Å². The van der Waals surface area contributed by atoms with Crippen LogP contribution in [0.3, 0.4) is 0 Å². The van der Waals surface area contributed by atoms with Gasteiger partial charge in [0.2, 0.25) is 0 Å². The minimum Gasteiger partial charge on any atom is -0.325 e. The Balaban J connectivity index is 1.57. The second kappa shape index (κ2) is 6.56. The van der Waals surface area contributed by atoms with E-state index < -0.39 is 0 Å². The summed E-state index contributed by atoms with van der Waals surface area (Å²) in [5.41, 5.74) is 1.57. The van der Waals surface area contributed by atoms with Crippen molar-refractivity contribution in [2.75, 3.05) is 34.2 Å². The van der Waals surface area contributed by atoms with Crippen LogP contribution in [0.2, 0.25) is 0 Å². The number of likely N-dealkylation sites (N-methyl/N-ethyl adjacent to an activating group) is 1. The van der Waals surface area contributed by atoms with Gasteiger partial charge in [-0.05, 0) is 64.1 Å². The number of hydrogen-bond donors (Lipinski definition) is 0. The van der Waals surface area contributed by atoms with Gasteiger partial charge in [-0.25, -0.2) is 4.79 Å². The molecule has 0 N–H and O–H groups in total. The van der Waals surface area contributed by atoms with Gasteiger partial charge in [-0.1, -0.05) is 36.8 Å². The molecule has 1 saturated heterocycles. The second-order valence-electron chi connectivity index (χ2n) is 9.06. The third-order valence-electron chi connectivity index (χ3n) is 7.50. The van der Waals surface area contributed by atoms with Crippen LogP contribution in [0.4, 0.5) is 4.79 Å². The number of urea groups is 1. The molecule has 2 saturated carbocycles. The average Bonchev–Trinajstić information content (AvgIpc) is 2.83. The molecule has 4 rings (SSSR count). The lowest BCUT2D eigenvalue weighted by Gasteiger charge is -2.51. The molecule has 1 aliphatic heterocycles. The topological polar surface area (TPSA) is 26.8 Å². The highest BCUT2D eigenvalue weighted by Gasteiger charge is 2.54. The maximum absolute atomic E-state index is 12.9. The summed E-state index contributed by atoms with van der Waals surface area (Å²) in [6, 6.07) is 11.2. The number of carbonyl (C=O) groups excluding carboxylic acids is 1. The largest absolute Gasteiger partial charge is 0.325 e. The van der Waals surface area contributed by atoms with E-state index in [-0.39, 0.29) is 17.1 Å². The molecule has 0 bridgehead atoms. The molecule has 0 atom stereocenters. The first-order valence-corrected chi connectivity index (χ1v) is 10.2. The zero-order valence-electron chi connectivity index (χ0n) is 16.6. The van der Waals surface area contributed by atoms with Gasteiger partial charge in [0.05, 0.1) is 5.54 Å². The standard InChI is InChI=1S/C22H33N3O/c1-23(2)22(19-10-5-4-6-11-19)14-12-21(13-15-22)17-24(3)20(26)25(21)16-18-8-7-9-18/h4-6,10-11,18H,7-9,12-17H2,1-3H3. The van der Waals surface area contributed by atoms with Crippen LogP contribution in [-0.2, 0) is 5.54 Å². The van der Waals surface area contributed by atoms with E-state index in [1.54, 1.807) is 0 Å². The number of rotatable bonds is 4. The minimum absolute atomic E-state index is 0.0513. The Kier molecular flexibility index (Phi) is 4.50. The maximum atomic E-state index is 12.9. The Morgan fingerprint density at radius 2 is 1.73 bits per heavy atom. The van der Waals surface area contributed by atoms with E-state index in [4.69, 9.17) is 0 Å². The van der Waals surface area contributed by atoms with Crippen molar-refractivity contribution in [1.82, 2.24) is 14.7 Å². The van der Waals surface area contributed by atoms with Crippen LogP contribution in [0.5, 0.6) is 0 Å². The van der Waals surface area contributed by atoms with Crippen LogP contribution >= 0.6 is 0 Å². The summed E-state index contributed by atoms with van der Waals surface area (Å²) in [4.78, 5) is 19.5. The molecule has 0 unspecified atom stereocenters. The third-order valence-corrected chi connectivity index (χ3v) is 7.50. The van der Waals surface area contributed by atoms with Crippen molar-refractivity contribution in [3.05, 3.63) is 35.9 Å². The number of carbonyl (C=O) groups is 1. The van der Waals surface area contributed by atoms with Crippen LogP contribution in [0.15, 0.2) is 30.3 Å². The van der Waals surface area contributed by atoms with E-state index in [9.17, 15) is 4.79 Å². The Morgan fingerprint density at radius 3 is 2.27 bits per heavy atom. The zero-order valence-corrected chi connectivity index (χ0v) is 16.6. The quantitative estimate of drug-likeness (QED) is 0.818. The highest BCUT2D eigenvalue weighted by atomic mass is 16.2. The van der Waals surface area contributed by atoms with Crippen molar-refractivity contribution < 1.29 is 4.79 Å². The van der Waals surface area contributed by atoms with Gasteiger partial charge >= 0.3 is 6.03 Å². The molecule has 1 spiro atoms. The Labute approximate surface area is 158 Å². The predicted molar refractivity (Wildman–Crippen MR) is 105 cm³/mol. The molecule has 142 valence electrons. The summed E-state index contributed by atoms with van der Waals surface area (Å²) in [7, 11) is 6.40. The fourth-order valence-corrected chi connectivity index (χ4v) is 5.51. The fraction of sp³-hybridized carbons (Fsp3) is 0.682. The number of amides is 2. The second-order valence-corrected chi connectivity index (χ2v) is 9.06. The smallest absolute Gasteiger partial charge is 0.320 e. The minimum atomic E-state index is 0.0513. The van der Waals surface area contributed by atoms with Gasteiger partial charge in [0.15, 0.2) is 0 Å². The molecule has 1 heterocycles. The van der Waals surface area contributed by atoms with E-state index in [0.717, 1.165) is 44.7 Å². The lowest BCUT2D eigenvalue weighted by Crippen LogP contribution is -2.56. The monoisotopic (exact) mass is 355 g/mol. The first-order valence-electron chi connectivity index (χ1n) is 10.2. The van der Waals surface area contributed by atoms with Crippen LogP contribution in [0.1, 0.15) is 50.5 Å². The molecule has 0 radical (unpaired) electrons. The maximum Gasteiger partial charge on any atom is 0.320 e. The van der Waals surface area contributed by atoms with Crippen LogP contribution < -0.4 is 0 Å². The van der Waals surface area contributed by atoms with Gasteiger partial charge in [-0.2, -0.15) is 0 Å². The van der Waals surface area contributed by atoms with Gasteiger partial charge in [-0.15, -0.1) is 0 Å². The molecular weight excluding hydrogens is 322 g/mol. The summed E-state index contributed by atoms with van der Waals surface area (Å²) in [6.45, 7) is 1.88. The summed E-state index contributed by atoms with van der Waals surface area (Å²) in [5.74, 6) is 0.733. The van der Waals surface area contributed by atoms with Crippen molar-refractivity contribution in [3.8, 4) is 0 Å². The highest BCUT2D eigenvalue weighted by molar-refractivity contribution is 5.78. The summed E-state index contributed by atoms with van der Waals surface area (Å²) < 4.78 is 0. The van der Waals surface area contributed by atoms with E-state index in [1.807, 2.05) is 11.9 Å². The lowest BCUT2D eigenvalue weighted by atomic mass is 9.68. The fourth-order valence-electron chi connectivity index (χ4n) is 5.51. The van der Waals surface area contributed by atoms with Crippen molar-refractivity contribution in [1.29, 1.82) is 0 Å². The third kappa shape index (κ3) is 2.74. The number of nitrogens with zero attached hydrogens (tertiary/aromatic N) is 3. The molecule has 2 aliphatic carbocycles. The molecule has 0 aromatic heterocycles. The zero-order chi connectivity index (χ0) is 18.4. The predicted octanol–water partition coefficient (Wildman–Crippen LogP) is 3.92. The normalized spacial score (nSPS) is 32.5.